The Morgan fingerprint density at radius 1 is 1.32 bits per heavy atom. The summed E-state index contributed by atoms with van der Waals surface area (Å²) in [5.74, 6) is -1.01. The molecule has 1 aromatic heterocycles. The maximum atomic E-state index is 12.5. The Morgan fingerprint density at radius 3 is 2.56 bits per heavy atom. The molecule has 0 radical (unpaired) electrons. The first-order chi connectivity index (χ1) is 11.5. The normalized spacial score (nSPS) is 12.0. The molecule has 0 aliphatic rings. The molecule has 0 aliphatic carbocycles. The molecule has 0 atom stereocenters. The fourth-order valence-electron chi connectivity index (χ4n) is 1.98. The van der Waals surface area contributed by atoms with E-state index in [-0.39, 0.29) is 10.6 Å². The van der Waals surface area contributed by atoms with Crippen molar-refractivity contribution in [2.75, 3.05) is 7.11 Å². The molecule has 7 nitrogen and oxygen atoms in total. The average Bonchev–Trinajstić information content (AvgIpc) is 2.95. The van der Waals surface area contributed by atoms with Gasteiger partial charge in [0, 0.05) is 6.20 Å². The number of aryl methyl sites for hydroxylation is 1. The lowest BCUT2D eigenvalue weighted by Gasteiger charge is -2.11. The predicted molar refractivity (Wildman–Crippen MR) is 80.3 cm³/mol. The zero-order valence-electron chi connectivity index (χ0n) is 13.2. The van der Waals surface area contributed by atoms with Crippen LogP contribution in [-0.4, -0.2) is 31.2 Å². The van der Waals surface area contributed by atoms with Gasteiger partial charge in [0.25, 0.3) is 15.9 Å². The second kappa shape index (κ2) is 6.75. The van der Waals surface area contributed by atoms with E-state index in [1.165, 1.54) is 19.2 Å². The van der Waals surface area contributed by atoms with Gasteiger partial charge in [-0.3, -0.25) is 9.48 Å². The number of benzene rings is 1. The highest BCUT2D eigenvalue weighted by molar-refractivity contribution is 7.90. The minimum Gasteiger partial charge on any atom is -0.495 e. The smallest absolute Gasteiger partial charge is 0.435 e. The number of hydrogen-bond donors (Lipinski definition) is 1. The number of aromatic nitrogens is 2. The zero-order valence-corrected chi connectivity index (χ0v) is 14.0. The molecule has 0 unspecified atom stereocenters. The van der Waals surface area contributed by atoms with E-state index in [0.717, 1.165) is 6.20 Å². The molecule has 2 rings (SSSR count). The number of nitrogens with zero attached hydrogens (tertiary/aromatic N) is 2. The highest BCUT2D eigenvalue weighted by Gasteiger charge is 2.33. The van der Waals surface area contributed by atoms with Gasteiger partial charge < -0.3 is 4.74 Å². The molecular formula is C14H14F3N3O4S. The van der Waals surface area contributed by atoms with Gasteiger partial charge in [-0.1, -0.05) is 6.07 Å². The van der Waals surface area contributed by atoms with Crippen molar-refractivity contribution in [1.82, 2.24) is 14.5 Å². The van der Waals surface area contributed by atoms with E-state index in [1.54, 1.807) is 17.7 Å². The van der Waals surface area contributed by atoms with Crippen LogP contribution in [0.25, 0.3) is 0 Å². The third kappa shape index (κ3) is 4.50. The van der Waals surface area contributed by atoms with Crippen LogP contribution in [-0.2, 0) is 27.5 Å². The molecule has 0 saturated carbocycles. The van der Waals surface area contributed by atoms with E-state index in [1.807, 2.05) is 0 Å². The Bertz CT molecular complexity index is 891. The van der Waals surface area contributed by atoms with E-state index < -0.39 is 34.3 Å². The van der Waals surface area contributed by atoms with Crippen molar-refractivity contribution >= 4 is 15.9 Å². The standard InChI is InChI=1S/C14H14F3N3O4S/c1-9-3-4-10(24-2)11(7-9)25(22,23)19-13(21)8-20-6-5-12(18-20)14(15,16)17/h3-7H,8H2,1-2H3,(H,19,21). The topological polar surface area (TPSA) is 90.3 Å². The lowest BCUT2D eigenvalue weighted by atomic mass is 10.2. The number of carbonyl (C=O) groups excluding carboxylic acids is 1. The van der Waals surface area contributed by atoms with Crippen LogP contribution in [0, 0.1) is 6.92 Å². The van der Waals surface area contributed by atoms with Crippen LogP contribution < -0.4 is 9.46 Å². The molecule has 1 aromatic carbocycles. The van der Waals surface area contributed by atoms with Crippen LogP contribution in [0.2, 0.25) is 0 Å². The van der Waals surface area contributed by atoms with Crippen LogP contribution in [0.3, 0.4) is 0 Å². The summed E-state index contributed by atoms with van der Waals surface area (Å²) in [6, 6.07) is 5.05. The van der Waals surface area contributed by atoms with Crippen molar-refractivity contribution in [3.63, 3.8) is 0 Å². The zero-order chi connectivity index (χ0) is 18.8. The van der Waals surface area contributed by atoms with Crippen LogP contribution in [0.15, 0.2) is 35.4 Å². The van der Waals surface area contributed by atoms with Crippen molar-refractivity contribution in [1.29, 1.82) is 0 Å². The highest BCUT2D eigenvalue weighted by Crippen LogP contribution is 2.27. The van der Waals surface area contributed by atoms with Gasteiger partial charge >= 0.3 is 6.18 Å². The first kappa shape index (κ1) is 18.8. The molecule has 1 heterocycles. The summed E-state index contributed by atoms with van der Waals surface area (Å²) in [5.41, 5.74) is -0.556. The molecular weight excluding hydrogens is 363 g/mol. The van der Waals surface area contributed by atoms with E-state index in [2.05, 4.69) is 5.10 Å². The van der Waals surface area contributed by atoms with E-state index in [0.29, 0.717) is 16.3 Å². The minimum atomic E-state index is -4.65. The fraction of sp³-hybridized carbons (Fsp3) is 0.286. The monoisotopic (exact) mass is 377 g/mol. The molecule has 0 spiro atoms. The largest absolute Gasteiger partial charge is 0.495 e. The molecule has 0 bridgehead atoms. The number of sulfonamides is 1. The number of amides is 1. The van der Waals surface area contributed by atoms with Crippen LogP contribution >= 0.6 is 0 Å². The molecule has 0 aliphatic heterocycles. The Labute approximate surface area is 141 Å². The van der Waals surface area contributed by atoms with Gasteiger partial charge in [0.1, 0.15) is 17.2 Å². The molecule has 1 amide bonds. The van der Waals surface area contributed by atoms with Crippen molar-refractivity contribution in [2.45, 2.75) is 24.5 Å². The number of ether oxygens (including phenoxy) is 1. The fourth-order valence-corrected chi connectivity index (χ4v) is 3.21. The third-order valence-corrected chi connectivity index (χ3v) is 4.49. The van der Waals surface area contributed by atoms with Gasteiger partial charge in [0.2, 0.25) is 0 Å². The quantitative estimate of drug-likeness (QED) is 0.857. The van der Waals surface area contributed by atoms with Crippen molar-refractivity contribution < 1.29 is 31.1 Å². The number of nitrogens with one attached hydrogen (secondary N) is 1. The summed E-state index contributed by atoms with van der Waals surface area (Å²) in [7, 11) is -2.98. The van der Waals surface area contributed by atoms with Crippen LogP contribution in [0.5, 0.6) is 5.75 Å². The SMILES string of the molecule is COc1ccc(C)cc1S(=O)(=O)NC(=O)Cn1ccc(C(F)(F)F)n1. The van der Waals surface area contributed by atoms with Crippen LogP contribution in [0.4, 0.5) is 13.2 Å². The molecule has 136 valence electrons. The van der Waals surface area contributed by atoms with Gasteiger partial charge in [0.05, 0.1) is 7.11 Å². The summed E-state index contributed by atoms with van der Waals surface area (Å²) >= 11 is 0. The lowest BCUT2D eigenvalue weighted by molar-refractivity contribution is -0.141. The summed E-state index contributed by atoms with van der Waals surface area (Å²) in [6.07, 6.45) is -3.72. The molecule has 0 fully saturated rings. The highest BCUT2D eigenvalue weighted by atomic mass is 32.2. The Balaban J connectivity index is 2.17. The van der Waals surface area contributed by atoms with Gasteiger partial charge in [-0.25, -0.2) is 13.1 Å². The second-order valence-electron chi connectivity index (χ2n) is 5.08. The third-order valence-electron chi connectivity index (χ3n) is 3.09. The summed E-state index contributed by atoms with van der Waals surface area (Å²) in [5, 5.41) is 3.18. The molecule has 11 heteroatoms. The van der Waals surface area contributed by atoms with E-state index >= 15 is 0 Å². The summed E-state index contributed by atoms with van der Waals surface area (Å²) < 4.78 is 69.4. The number of methoxy groups -OCH3 is 1. The lowest BCUT2D eigenvalue weighted by Crippen LogP contribution is -2.33. The Hall–Kier alpha value is -2.56. The first-order valence-electron chi connectivity index (χ1n) is 6.84. The number of carbonyl (C=O) groups is 1. The van der Waals surface area contributed by atoms with E-state index in [4.69, 9.17) is 4.74 Å². The van der Waals surface area contributed by atoms with Gasteiger partial charge in [-0.05, 0) is 30.7 Å². The first-order valence-corrected chi connectivity index (χ1v) is 8.32. The van der Waals surface area contributed by atoms with Crippen molar-refractivity contribution in [3.8, 4) is 5.75 Å². The summed E-state index contributed by atoms with van der Waals surface area (Å²) in [6.45, 7) is 0.964. The molecule has 25 heavy (non-hydrogen) atoms. The Kier molecular flexibility index (Phi) is 5.07. The maximum absolute atomic E-state index is 12.5. The van der Waals surface area contributed by atoms with Crippen LogP contribution in [0.1, 0.15) is 11.3 Å². The van der Waals surface area contributed by atoms with E-state index in [9.17, 15) is 26.4 Å². The molecule has 0 saturated heterocycles. The van der Waals surface area contributed by atoms with Crippen molar-refractivity contribution in [3.05, 3.63) is 41.7 Å². The van der Waals surface area contributed by atoms with Gasteiger partial charge in [-0.2, -0.15) is 18.3 Å². The molecule has 1 N–H and O–H groups in total. The summed E-state index contributed by atoms with van der Waals surface area (Å²) in [4.78, 5) is 11.6. The average molecular weight is 377 g/mol. The minimum absolute atomic E-state index is 0.0318. The van der Waals surface area contributed by atoms with Crippen molar-refractivity contribution in [2.24, 2.45) is 0 Å². The Morgan fingerprint density at radius 2 is 2.00 bits per heavy atom. The maximum Gasteiger partial charge on any atom is 0.435 e. The van der Waals surface area contributed by atoms with Gasteiger partial charge in [0.15, 0.2) is 5.69 Å². The second-order valence-corrected chi connectivity index (χ2v) is 6.73. The number of alkyl halides is 3. The number of hydrogen-bond acceptors (Lipinski definition) is 5. The number of rotatable bonds is 5. The molecule has 2 aromatic rings. The number of halogens is 3. The predicted octanol–water partition coefficient (Wildman–Crippen LogP) is 1.72. The van der Waals surface area contributed by atoms with Gasteiger partial charge in [-0.15, -0.1) is 0 Å².